The molecule has 0 atom stereocenters. The summed E-state index contributed by atoms with van der Waals surface area (Å²) in [6.45, 7) is 3.11. The first kappa shape index (κ1) is 15.8. The number of carbonyl (C=O) groups excluding carboxylic acids is 1. The van der Waals surface area contributed by atoms with E-state index in [0.717, 1.165) is 43.5 Å². The number of benzene rings is 1. The van der Waals surface area contributed by atoms with Crippen molar-refractivity contribution < 1.29 is 14.6 Å². The third-order valence-corrected chi connectivity index (χ3v) is 4.08. The topological polar surface area (TPSA) is 58.6 Å². The molecule has 0 aliphatic heterocycles. The van der Waals surface area contributed by atoms with Crippen molar-refractivity contribution >= 4 is 5.91 Å². The van der Waals surface area contributed by atoms with E-state index in [1.807, 2.05) is 31.2 Å². The summed E-state index contributed by atoms with van der Waals surface area (Å²) in [5, 5.41) is 12.4. The molecule has 1 aromatic carbocycles. The van der Waals surface area contributed by atoms with E-state index in [2.05, 4.69) is 5.32 Å². The van der Waals surface area contributed by atoms with E-state index in [1.165, 1.54) is 0 Å². The summed E-state index contributed by atoms with van der Waals surface area (Å²) in [5.41, 5.74) is 1.08. The molecular formula is C17H25NO3. The third kappa shape index (κ3) is 5.38. The van der Waals surface area contributed by atoms with Crippen molar-refractivity contribution in [2.24, 2.45) is 5.92 Å². The molecule has 0 saturated heterocycles. The molecule has 21 heavy (non-hydrogen) atoms. The van der Waals surface area contributed by atoms with Crippen LogP contribution in [0.1, 0.15) is 37.7 Å². The molecule has 1 fully saturated rings. The molecule has 0 aromatic heterocycles. The van der Waals surface area contributed by atoms with Crippen LogP contribution in [0.25, 0.3) is 0 Å². The number of rotatable bonds is 6. The van der Waals surface area contributed by atoms with Crippen molar-refractivity contribution in [2.45, 2.75) is 45.1 Å². The van der Waals surface area contributed by atoms with Crippen molar-refractivity contribution in [3.63, 3.8) is 0 Å². The molecule has 1 aliphatic rings. The predicted octanol–water partition coefficient (Wildman–Crippen LogP) is 2.43. The van der Waals surface area contributed by atoms with Crippen LogP contribution in [-0.4, -0.2) is 30.3 Å². The van der Waals surface area contributed by atoms with Gasteiger partial charge in [-0.1, -0.05) is 18.2 Å². The Hall–Kier alpha value is -1.55. The zero-order valence-corrected chi connectivity index (χ0v) is 12.7. The Morgan fingerprint density at radius 1 is 1.29 bits per heavy atom. The zero-order chi connectivity index (χ0) is 15.1. The second-order valence-corrected chi connectivity index (χ2v) is 5.84. The predicted molar refractivity (Wildman–Crippen MR) is 82.3 cm³/mol. The third-order valence-electron chi connectivity index (χ3n) is 4.08. The Kier molecular flexibility index (Phi) is 6.05. The highest BCUT2D eigenvalue weighted by Crippen LogP contribution is 2.23. The highest BCUT2D eigenvalue weighted by Gasteiger charge is 2.19. The minimum Gasteiger partial charge on any atom is -0.493 e. The van der Waals surface area contributed by atoms with E-state index in [9.17, 15) is 9.90 Å². The van der Waals surface area contributed by atoms with Crippen molar-refractivity contribution in [2.75, 3.05) is 13.2 Å². The smallest absolute Gasteiger partial charge is 0.223 e. The van der Waals surface area contributed by atoms with Gasteiger partial charge in [0.2, 0.25) is 5.91 Å². The van der Waals surface area contributed by atoms with Crippen LogP contribution in [0.4, 0.5) is 0 Å². The maximum Gasteiger partial charge on any atom is 0.223 e. The number of amides is 1. The highest BCUT2D eigenvalue weighted by atomic mass is 16.5. The molecule has 1 aliphatic carbocycles. The number of carbonyl (C=O) groups is 1. The molecule has 4 heteroatoms. The van der Waals surface area contributed by atoms with E-state index in [4.69, 9.17) is 4.74 Å². The second-order valence-electron chi connectivity index (χ2n) is 5.84. The number of hydrogen-bond acceptors (Lipinski definition) is 3. The van der Waals surface area contributed by atoms with Crippen LogP contribution in [-0.2, 0) is 4.79 Å². The molecule has 0 spiro atoms. The van der Waals surface area contributed by atoms with Crippen LogP contribution in [0.3, 0.4) is 0 Å². The molecule has 2 N–H and O–H groups in total. The maximum atomic E-state index is 11.8. The number of hydrogen-bond donors (Lipinski definition) is 2. The lowest BCUT2D eigenvalue weighted by molar-refractivity contribution is -0.121. The minimum absolute atomic E-state index is 0.0368. The number of aliphatic hydroxyl groups is 1. The van der Waals surface area contributed by atoms with Gasteiger partial charge in [-0.05, 0) is 50.2 Å². The quantitative estimate of drug-likeness (QED) is 0.846. The average molecular weight is 291 g/mol. The number of aryl methyl sites for hydroxylation is 1. The molecule has 2 rings (SSSR count). The summed E-state index contributed by atoms with van der Waals surface area (Å²) >= 11 is 0. The monoisotopic (exact) mass is 291 g/mol. The van der Waals surface area contributed by atoms with Gasteiger partial charge < -0.3 is 15.2 Å². The van der Waals surface area contributed by atoms with Gasteiger partial charge in [0.15, 0.2) is 0 Å². The Morgan fingerprint density at radius 3 is 2.71 bits per heavy atom. The molecule has 0 unspecified atom stereocenters. The summed E-state index contributed by atoms with van der Waals surface area (Å²) < 4.78 is 5.62. The van der Waals surface area contributed by atoms with Gasteiger partial charge in [-0.25, -0.2) is 0 Å². The summed E-state index contributed by atoms with van der Waals surface area (Å²) in [5.74, 6) is 1.39. The van der Waals surface area contributed by atoms with Gasteiger partial charge in [-0.3, -0.25) is 4.79 Å². The fraction of sp³-hybridized carbons (Fsp3) is 0.588. The van der Waals surface area contributed by atoms with Crippen LogP contribution in [0, 0.1) is 12.8 Å². The van der Waals surface area contributed by atoms with Gasteiger partial charge in [0.1, 0.15) is 5.75 Å². The normalized spacial score (nSPS) is 21.8. The van der Waals surface area contributed by atoms with Crippen molar-refractivity contribution in [1.82, 2.24) is 5.32 Å². The Balaban J connectivity index is 1.61. The fourth-order valence-corrected chi connectivity index (χ4v) is 2.67. The first-order valence-corrected chi connectivity index (χ1v) is 7.78. The molecule has 0 bridgehead atoms. The van der Waals surface area contributed by atoms with Crippen molar-refractivity contribution in [1.29, 1.82) is 0 Å². The summed E-state index contributed by atoms with van der Waals surface area (Å²) in [4.78, 5) is 11.8. The van der Waals surface area contributed by atoms with Gasteiger partial charge in [0.05, 0.1) is 19.1 Å². The van der Waals surface area contributed by atoms with E-state index in [1.54, 1.807) is 0 Å². The maximum absolute atomic E-state index is 11.8. The minimum atomic E-state index is -0.139. The molecular weight excluding hydrogens is 266 g/mol. The zero-order valence-electron chi connectivity index (χ0n) is 12.7. The van der Waals surface area contributed by atoms with E-state index < -0.39 is 0 Å². The fourth-order valence-electron chi connectivity index (χ4n) is 2.67. The Labute approximate surface area is 126 Å². The molecule has 1 saturated carbocycles. The molecule has 0 radical (unpaired) electrons. The van der Waals surface area contributed by atoms with E-state index in [0.29, 0.717) is 18.9 Å². The lowest BCUT2D eigenvalue weighted by atomic mass is 9.87. The SMILES string of the molecule is Cc1ccccc1OCCC(=O)NCC1CCC(O)CC1. The van der Waals surface area contributed by atoms with Gasteiger partial charge >= 0.3 is 0 Å². The van der Waals surface area contributed by atoms with Crippen LogP contribution >= 0.6 is 0 Å². The van der Waals surface area contributed by atoms with Crippen LogP contribution in [0.2, 0.25) is 0 Å². The number of nitrogens with one attached hydrogen (secondary N) is 1. The Bertz CT molecular complexity index is 453. The van der Waals surface area contributed by atoms with E-state index >= 15 is 0 Å². The Morgan fingerprint density at radius 2 is 2.00 bits per heavy atom. The second kappa shape index (κ2) is 8.03. The summed E-state index contributed by atoms with van der Waals surface area (Å²) in [6.07, 6.45) is 3.96. The number of ether oxygens (including phenoxy) is 1. The van der Waals surface area contributed by atoms with Crippen molar-refractivity contribution in [3.8, 4) is 5.75 Å². The van der Waals surface area contributed by atoms with Gasteiger partial charge in [0, 0.05) is 6.54 Å². The lowest BCUT2D eigenvalue weighted by Gasteiger charge is -2.25. The van der Waals surface area contributed by atoms with Gasteiger partial charge in [-0.15, -0.1) is 0 Å². The summed E-state index contributed by atoms with van der Waals surface area (Å²) in [7, 11) is 0. The summed E-state index contributed by atoms with van der Waals surface area (Å²) in [6, 6.07) is 7.81. The van der Waals surface area contributed by atoms with Crippen molar-refractivity contribution in [3.05, 3.63) is 29.8 Å². The standard InChI is InChI=1S/C17H25NO3/c1-13-4-2-3-5-16(13)21-11-10-17(20)18-12-14-6-8-15(19)9-7-14/h2-5,14-15,19H,6-12H2,1H3,(H,18,20). The van der Waals surface area contributed by atoms with Crippen LogP contribution in [0.5, 0.6) is 5.75 Å². The molecule has 0 heterocycles. The number of aliphatic hydroxyl groups excluding tert-OH is 1. The van der Waals surface area contributed by atoms with E-state index in [-0.39, 0.29) is 12.0 Å². The van der Waals surface area contributed by atoms with Crippen LogP contribution in [0.15, 0.2) is 24.3 Å². The van der Waals surface area contributed by atoms with Gasteiger partial charge in [-0.2, -0.15) is 0 Å². The first-order chi connectivity index (χ1) is 10.1. The van der Waals surface area contributed by atoms with Crippen LogP contribution < -0.4 is 10.1 Å². The molecule has 4 nitrogen and oxygen atoms in total. The number of para-hydroxylation sites is 1. The highest BCUT2D eigenvalue weighted by molar-refractivity contribution is 5.75. The molecule has 1 amide bonds. The largest absolute Gasteiger partial charge is 0.493 e. The molecule has 1 aromatic rings. The molecule has 116 valence electrons. The first-order valence-electron chi connectivity index (χ1n) is 7.78. The lowest BCUT2D eigenvalue weighted by Crippen LogP contribution is -2.32. The van der Waals surface area contributed by atoms with Gasteiger partial charge in [0.25, 0.3) is 0 Å². The average Bonchev–Trinajstić information content (AvgIpc) is 2.49.